The van der Waals surface area contributed by atoms with E-state index in [0.717, 1.165) is 12.8 Å². The van der Waals surface area contributed by atoms with E-state index >= 15 is 0 Å². The van der Waals surface area contributed by atoms with E-state index < -0.39 is 0 Å². The Balaban J connectivity index is 2.65. The molecule has 1 aliphatic rings. The summed E-state index contributed by atoms with van der Waals surface area (Å²) in [7, 11) is 0. The Kier molecular flexibility index (Phi) is 3.58. The zero-order valence-corrected chi connectivity index (χ0v) is 10.3. The van der Waals surface area contributed by atoms with Crippen molar-refractivity contribution < 1.29 is 9.53 Å². The second-order valence-corrected chi connectivity index (χ2v) is 5.47. The van der Waals surface area contributed by atoms with Crippen LogP contribution in [-0.4, -0.2) is 11.6 Å². The molecule has 2 unspecified atom stereocenters. The van der Waals surface area contributed by atoms with Crippen LogP contribution in [-0.2, 0) is 9.53 Å². The monoisotopic (exact) mass is 210 g/mol. The van der Waals surface area contributed by atoms with Gasteiger partial charge in [-0.1, -0.05) is 20.4 Å². The number of esters is 1. The molecule has 1 saturated carbocycles. The first-order chi connectivity index (χ1) is 6.82. The number of rotatable bonds is 2. The van der Waals surface area contributed by atoms with Crippen LogP contribution < -0.4 is 0 Å². The van der Waals surface area contributed by atoms with Crippen molar-refractivity contribution in [3.05, 3.63) is 12.2 Å². The van der Waals surface area contributed by atoms with Crippen molar-refractivity contribution in [1.82, 2.24) is 0 Å². The van der Waals surface area contributed by atoms with Gasteiger partial charge >= 0.3 is 5.97 Å². The average Bonchev–Trinajstić information content (AvgIpc) is 1.99. The predicted molar refractivity (Wildman–Crippen MR) is 61.5 cm³/mol. The fourth-order valence-electron chi connectivity index (χ4n) is 2.81. The second kappa shape index (κ2) is 4.38. The Morgan fingerprint density at radius 2 is 1.80 bits per heavy atom. The highest BCUT2D eigenvalue weighted by Crippen LogP contribution is 2.38. The van der Waals surface area contributed by atoms with E-state index in [2.05, 4.69) is 20.4 Å². The maximum absolute atomic E-state index is 11.5. The van der Waals surface area contributed by atoms with Gasteiger partial charge in [-0.05, 0) is 44.9 Å². The molecule has 1 fully saturated rings. The maximum atomic E-state index is 11.5. The molecule has 0 spiro atoms. The minimum Gasteiger partial charge on any atom is -0.456 e. The van der Waals surface area contributed by atoms with Gasteiger partial charge in [0.05, 0.1) is 0 Å². The minimum absolute atomic E-state index is 0.251. The van der Waals surface area contributed by atoms with Crippen LogP contribution in [0.4, 0.5) is 0 Å². The maximum Gasteiger partial charge on any atom is 0.333 e. The highest BCUT2D eigenvalue weighted by atomic mass is 16.6. The second-order valence-electron chi connectivity index (χ2n) is 5.47. The van der Waals surface area contributed by atoms with Crippen molar-refractivity contribution >= 4 is 5.97 Å². The van der Waals surface area contributed by atoms with E-state index in [1.165, 1.54) is 6.42 Å². The van der Waals surface area contributed by atoms with Crippen molar-refractivity contribution in [2.24, 2.45) is 11.8 Å². The highest BCUT2D eigenvalue weighted by molar-refractivity contribution is 5.87. The molecule has 86 valence electrons. The van der Waals surface area contributed by atoms with E-state index in [1.807, 2.05) is 6.92 Å². The van der Waals surface area contributed by atoms with Gasteiger partial charge in [0.15, 0.2) is 0 Å². The van der Waals surface area contributed by atoms with Crippen molar-refractivity contribution in [1.29, 1.82) is 0 Å². The van der Waals surface area contributed by atoms with Gasteiger partial charge in [-0.2, -0.15) is 0 Å². The first-order valence-electron chi connectivity index (χ1n) is 5.71. The van der Waals surface area contributed by atoms with Gasteiger partial charge in [-0.15, -0.1) is 0 Å². The molecule has 1 aliphatic carbocycles. The Morgan fingerprint density at radius 3 is 2.20 bits per heavy atom. The van der Waals surface area contributed by atoms with Gasteiger partial charge in [-0.25, -0.2) is 4.79 Å². The van der Waals surface area contributed by atoms with E-state index in [-0.39, 0.29) is 11.6 Å². The molecule has 1 rings (SSSR count). The van der Waals surface area contributed by atoms with E-state index in [4.69, 9.17) is 4.74 Å². The highest BCUT2D eigenvalue weighted by Gasteiger charge is 2.37. The molecule has 2 atom stereocenters. The van der Waals surface area contributed by atoms with Crippen LogP contribution in [0.3, 0.4) is 0 Å². The van der Waals surface area contributed by atoms with Crippen molar-refractivity contribution in [2.45, 2.75) is 52.6 Å². The first kappa shape index (κ1) is 12.3. The Bertz CT molecular complexity index is 258. The Hall–Kier alpha value is -0.790. The minimum atomic E-state index is -0.285. The molecule has 0 saturated heterocycles. The zero-order chi connectivity index (χ0) is 11.6. The molecule has 0 aromatic heterocycles. The number of carbonyl (C=O) groups excluding carboxylic acids is 1. The summed E-state index contributed by atoms with van der Waals surface area (Å²) in [6, 6.07) is 0. The molecule has 0 amide bonds. The predicted octanol–water partition coefficient (Wildman–Crippen LogP) is 3.32. The normalized spacial score (nSPS) is 36.0. The fourth-order valence-corrected chi connectivity index (χ4v) is 2.81. The lowest BCUT2D eigenvalue weighted by Crippen LogP contribution is -2.39. The van der Waals surface area contributed by atoms with Crippen LogP contribution in [0.15, 0.2) is 12.2 Å². The van der Waals surface area contributed by atoms with Gasteiger partial charge in [0, 0.05) is 5.57 Å². The number of hydrogen-bond donors (Lipinski definition) is 0. The van der Waals surface area contributed by atoms with Crippen LogP contribution in [0.2, 0.25) is 0 Å². The van der Waals surface area contributed by atoms with Crippen LogP contribution >= 0.6 is 0 Å². The first-order valence-corrected chi connectivity index (χ1v) is 5.71. The topological polar surface area (TPSA) is 26.3 Å². The van der Waals surface area contributed by atoms with Crippen LogP contribution in [0.5, 0.6) is 0 Å². The Morgan fingerprint density at radius 1 is 1.33 bits per heavy atom. The molecular formula is C13H22O2. The lowest BCUT2D eigenvalue weighted by atomic mass is 9.74. The third kappa shape index (κ3) is 3.37. The molecule has 0 bridgehead atoms. The summed E-state index contributed by atoms with van der Waals surface area (Å²) in [5.74, 6) is 1.02. The SMILES string of the molecule is C=C(C)C(=O)OC1(C)CC(C)CC(C)C1. The molecule has 15 heavy (non-hydrogen) atoms. The van der Waals surface area contributed by atoms with E-state index in [9.17, 15) is 4.79 Å². The standard InChI is InChI=1S/C13H22O2/c1-9(2)12(14)15-13(5)7-10(3)6-11(4)8-13/h10-11H,1,6-8H2,2-5H3. The summed E-state index contributed by atoms with van der Waals surface area (Å²) >= 11 is 0. The van der Waals surface area contributed by atoms with Crippen molar-refractivity contribution in [3.63, 3.8) is 0 Å². The average molecular weight is 210 g/mol. The van der Waals surface area contributed by atoms with Crippen LogP contribution in [0.25, 0.3) is 0 Å². The van der Waals surface area contributed by atoms with Gasteiger partial charge in [0.2, 0.25) is 0 Å². The zero-order valence-electron chi connectivity index (χ0n) is 10.3. The number of hydrogen-bond acceptors (Lipinski definition) is 2. The number of carbonyl (C=O) groups is 1. The fraction of sp³-hybridized carbons (Fsp3) is 0.769. The summed E-state index contributed by atoms with van der Waals surface area (Å²) in [6.45, 7) is 11.8. The molecule has 0 radical (unpaired) electrons. The Labute approximate surface area is 92.7 Å². The largest absolute Gasteiger partial charge is 0.456 e. The summed E-state index contributed by atoms with van der Waals surface area (Å²) in [6.07, 6.45) is 3.17. The summed E-state index contributed by atoms with van der Waals surface area (Å²) < 4.78 is 5.54. The molecule has 0 heterocycles. The lowest BCUT2D eigenvalue weighted by Gasteiger charge is -2.39. The van der Waals surface area contributed by atoms with Gasteiger partial charge in [0.25, 0.3) is 0 Å². The van der Waals surface area contributed by atoms with Gasteiger partial charge < -0.3 is 4.74 Å². The van der Waals surface area contributed by atoms with Gasteiger partial charge in [-0.3, -0.25) is 0 Å². The van der Waals surface area contributed by atoms with Crippen molar-refractivity contribution in [2.75, 3.05) is 0 Å². The molecule has 0 aliphatic heterocycles. The van der Waals surface area contributed by atoms with Gasteiger partial charge in [0.1, 0.15) is 5.60 Å². The third-order valence-corrected chi connectivity index (χ3v) is 3.05. The molecule has 0 N–H and O–H groups in total. The molecule has 0 aromatic rings. The summed E-state index contributed by atoms with van der Waals surface area (Å²) in [5.41, 5.74) is 0.203. The van der Waals surface area contributed by atoms with E-state index in [0.29, 0.717) is 17.4 Å². The molecule has 0 aromatic carbocycles. The van der Waals surface area contributed by atoms with Crippen LogP contribution in [0.1, 0.15) is 47.0 Å². The summed E-state index contributed by atoms with van der Waals surface area (Å²) in [5, 5.41) is 0. The smallest absolute Gasteiger partial charge is 0.333 e. The molecular weight excluding hydrogens is 188 g/mol. The lowest BCUT2D eigenvalue weighted by molar-refractivity contribution is -0.159. The summed E-state index contributed by atoms with van der Waals surface area (Å²) in [4.78, 5) is 11.5. The number of ether oxygens (including phenoxy) is 1. The quantitative estimate of drug-likeness (QED) is 0.516. The molecule has 2 heteroatoms. The molecule has 2 nitrogen and oxygen atoms in total. The van der Waals surface area contributed by atoms with Crippen molar-refractivity contribution in [3.8, 4) is 0 Å². The third-order valence-electron chi connectivity index (χ3n) is 3.05. The van der Waals surface area contributed by atoms with E-state index in [1.54, 1.807) is 6.92 Å². The van der Waals surface area contributed by atoms with Crippen LogP contribution in [0, 0.1) is 11.8 Å².